The van der Waals surface area contributed by atoms with E-state index in [1.54, 1.807) is 19.1 Å². The summed E-state index contributed by atoms with van der Waals surface area (Å²) in [6.07, 6.45) is 0. The zero-order valence-electron chi connectivity index (χ0n) is 10.7. The van der Waals surface area contributed by atoms with Crippen molar-refractivity contribution in [1.82, 2.24) is 9.55 Å². The van der Waals surface area contributed by atoms with Gasteiger partial charge in [-0.3, -0.25) is 4.57 Å². The Morgan fingerprint density at radius 1 is 1.20 bits per heavy atom. The number of hydrogen-bond acceptors (Lipinski definition) is 1. The van der Waals surface area contributed by atoms with Crippen LogP contribution in [0, 0.1) is 12.7 Å². The number of nitrogens with zero attached hydrogens (tertiary/aromatic N) is 2. The third kappa shape index (κ3) is 1.98. The first-order valence-corrected chi connectivity index (χ1v) is 7.02. The highest BCUT2D eigenvalue weighted by Crippen LogP contribution is 2.30. The zero-order valence-corrected chi connectivity index (χ0v) is 12.2. The summed E-state index contributed by atoms with van der Waals surface area (Å²) in [6, 6.07) is 10.4. The van der Waals surface area contributed by atoms with Gasteiger partial charge in [0.25, 0.3) is 0 Å². The quantitative estimate of drug-likeness (QED) is 0.618. The molecule has 0 saturated heterocycles. The molecule has 0 radical (unpaired) electrons. The van der Waals surface area contributed by atoms with Gasteiger partial charge < -0.3 is 0 Å². The van der Waals surface area contributed by atoms with Crippen molar-refractivity contribution in [2.45, 2.75) is 12.8 Å². The average Bonchev–Trinajstić information content (AvgIpc) is 2.82. The van der Waals surface area contributed by atoms with Crippen LogP contribution in [0.4, 0.5) is 4.39 Å². The summed E-state index contributed by atoms with van der Waals surface area (Å²) in [5.41, 5.74) is 2.74. The second-order valence-electron chi connectivity index (χ2n) is 4.49. The molecule has 0 fully saturated rings. The van der Waals surface area contributed by atoms with Crippen LogP contribution < -0.4 is 0 Å². The first-order valence-electron chi connectivity index (χ1n) is 6.10. The van der Waals surface area contributed by atoms with Gasteiger partial charge in [0.2, 0.25) is 0 Å². The summed E-state index contributed by atoms with van der Waals surface area (Å²) in [6.45, 7) is 1.73. The molecule has 1 aromatic heterocycles. The van der Waals surface area contributed by atoms with Gasteiger partial charge in [0.1, 0.15) is 11.6 Å². The van der Waals surface area contributed by atoms with Crippen LogP contribution in [0.2, 0.25) is 5.02 Å². The van der Waals surface area contributed by atoms with Gasteiger partial charge >= 0.3 is 0 Å². The van der Waals surface area contributed by atoms with Crippen molar-refractivity contribution in [1.29, 1.82) is 0 Å². The number of fused-ring (bicyclic) bond motifs is 1. The van der Waals surface area contributed by atoms with Gasteiger partial charge in [-0.15, -0.1) is 11.6 Å². The fourth-order valence-corrected chi connectivity index (χ4v) is 2.75. The third-order valence-electron chi connectivity index (χ3n) is 3.30. The largest absolute Gasteiger partial charge is 0.293 e. The number of benzene rings is 2. The Morgan fingerprint density at radius 2 is 1.95 bits per heavy atom. The highest BCUT2D eigenvalue weighted by Gasteiger charge is 2.16. The Bertz CT molecular complexity index is 796. The van der Waals surface area contributed by atoms with Gasteiger partial charge in [-0.1, -0.05) is 23.7 Å². The standard InChI is InChI=1S/C15H11Cl2FN2/c1-9-11(18)5-3-7-13(9)20-14(8-16)19-12-6-2-4-10(17)15(12)20/h2-7H,8H2,1H3. The van der Waals surface area contributed by atoms with Crippen molar-refractivity contribution >= 4 is 34.2 Å². The average molecular weight is 309 g/mol. The van der Waals surface area contributed by atoms with Crippen LogP contribution in [-0.4, -0.2) is 9.55 Å². The van der Waals surface area contributed by atoms with E-state index in [0.717, 1.165) is 11.0 Å². The molecule has 0 aliphatic rings. The minimum Gasteiger partial charge on any atom is -0.293 e. The second kappa shape index (κ2) is 5.08. The Morgan fingerprint density at radius 3 is 2.70 bits per heavy atom. The minimum atomic E-state index is -0.267. The van der Waals surface area contributed by atoms with Gasteiger partial charge in [-0.2, -0.15) is 0 Å². The molecular formula is C15H11Cl2FN2. The van der Waals surface area contributed by atoms with Crippen LogP contribution >= 0.6 is 23.2 Å². The molecule has 1 heterocycles. The Hall–Kier alpha value is -1.58. The third-order valence-corrected chi connectivity index (χ3v) is 3.84. The summed E-state index contributed by atoms with van der Waals surface area (Å²) >= 11 is 12.3. The van der Waals surface area contributed by atoms with E-state index in [1.165, 1.54) is 6.07 Å². The van der Waals surface area contributed by atoms with Crippen LogP contribution in [0.1, 0.15) is 11.4 Å². The molecule has 0 unspecified atom stereocenters. The van der Waals surface area contributed by atoms with Gasteiger partial charge in [-0.05, 0) is 31.2 Å². The highest BCUT2D eigenvalue weighted by atomic mass is 35.5. The van der Waals surface area contributed by atoms with Crippen molar-refractivity contribution in [2.75, 3.05) is 0 Å². The maximum atomic E-state index is 13.8. The van der Waals surface area contributed by atoms with Gasteiger partial charge in [-0.25, -0.2) is 9.37 Å². The molecule has 0 saturated carbocycles. The number of imidazole rings is 1. The van der Waals surface area contributed by atoms with Crippen LogP contribution in [-0.2, 0) is 5.88 Å². The molecule has 0 N–H and O–H groups in total. The van der Waals surface area contributed by atoms with E-state index in [2.05, 4.69) is 4.98 Å². The first kappa shape index (κ1) is 13.4. The van der Waals surface area contributed by atoms with E-state index >= 15 is 0 Å². The molecular weight excluding hydrogens is 298 g/mol. The smallest absolute Gasteiger partial charge is 0.129 e. The van der Waals surface area contributed by atoms with Crippen molar-refractivity contribution in [3.8, 4) is 5.69 Å². The normalized spacial score (nSPS) is 11.2. The van der Waals surface area contributed by atoms with Crippen LogP contribution in [0.5, 0.6) is 0 Å². The molecule has 3 rings (SSSR count). The molecule has 20 heavy (non-hydrogen) atoms. The predicted octanol–water partition coefficient (Wildman–Crippen LogP) is 4.87. The summed E-state index contributed by atoms with van der Waals surface area (Å²) in [7, 11) is 0. The fraction of sp³-hybridized carbons (Fsp3) is 0.133. The molecule has 0 spiro atoms. The minimum absolute atomic E-state index is 0.223. The molecule has 3 aromatic rings. The lowest BCUT2D eigenvalue weighted by Gasteiger charge is -2.12. The molecule has 102 valence electrons. The molecule has 2 aromatic carbocycles. The number of alkyl halides is 1. The van der Waals surface area contributed by atoms with E-state index in [4.69, 9.17) is 23.2 Å². The molecule has 0 aliphatic heterocycles. The van der Waals surface area contributed by atoms with Crippen LogP contribution in [0.3, 0.4) is 0 Å². The van der Waals surface area contributed by atoms with E-state index in [9.17, 15) is 4.39 Å². The lowest BCUT2D eigenvalue weighted by atomic mass is 10.2. The van der Waals surface area contributed by atoms with Crippen LogP contribution in [0.25, 0.3) is 16.7 Å². The summed E-state index contributed by atoms with van der Waals surface area (Å²) in [5.74, 6) is 0.599. The summed E-state index contributed by atoms with van der Waals surface area (Å²) in [4.78, 5) is 4.46. The van der Waals surface area contributed by atoms with E-state index < -0.39 is 0 Å². The maximum absolute atomic E-state index is 13.8. The van der Waals surface area contributed by atoms with Crippen molar-refractivity contribution in [3.63, 3.8) is 0 Å². The zero-order chi connectivity index (χ0) is 14.3. The number of aromatic nitrogens is 2. The van der Waals surface area contributed by atoms with Gasteiger partial charge in [0.15, 0.2) is 0 Å². The van der Waals surface area contributed by atoms with Crippen molar-refractivity contribution in [3.05, 3.63) is 58.6 Å². The van der Waals surface area contributed by atoms with Crippen molar-refractivity contribution in [2.24, 2.45) is 0 Å². The predicted molar refractivity (Wildman–Crippen MR) is 80.3 cm³/mol. The van der Waals surface area contributed by atoms with Crippen LogP contribution in [0.15, 0.2) is 36.4 Å². The van der Waals surface area contributed by atoms with Gasteiger partial charge in [0, 0.05) is 5.56 Å². The summed E-state index contributed by atoms with van der Waals surface area (Å²) in [5, 5.41) is 0.565. The first-order chi connectivity index (χ1) is 9.63. The monoisotopic (exact) mass is 308 g/mol. The SMILES string of the molecule is Cc1c(F)cccc1-n1c(CCl)nc2cccc(Cl)c21. The fourth-order valence-electron chi connectivity index (χ4n) is 2.32. The van der Waals surface area contributed by atoms with Gasteiger partial charge in [0.05, 0.1) is 27.6 Å². The maximum Gasteiger partial charge on any atom is 0.129 e. The summed E-state index contributed by atoms with van der Waals surface area (Å²) < 4.78 is 15.6. The molecule has 0 atom stereocenters. The number of halogens is 3. The lowest BCUT2D eigenvalue weighted by molar-refractivity contribution is 0.617. The van der Waals surface area contributed by atoms with E-state index in [0.29, 0.717) is 22.1 Å². The number of hydrogen-bond donors (Lipinski definition) is 0. The molecule has 0 aliphatic carbocycles. The highest BCUT2D eigenvalue weighted by molar-refractivity contribution is 6.35. The molecule has 0 amide bonds. The topological polar surface area (TPSA) is 17.8 Å². The second-order valence-corrected chi connectivity index (χ2v) is 5.16. The van der Waals surface area contributed by atoms with E-state index in [-0.39, 0.29) is 11.7 Å². The Balaban J connectivity index is 2.43. The molecule has 2 nitrogen and oxygen atoms in total. The molecule has 0 bridgehead atoms. The molecule has 5 heteroatoms. The van der Waals surface area contributed by atoms with Crippen molar-refractivity contribution < 1.29 is 4.39 Å². The Labute approximate surface area is 125 Å². The van der Waals surface area contributed by atoms with E-state index in [1.807, 2.05) is 22.8 Å². The number of rotatable bonds is 2. The lowest BCUT2D eigenvalue weighted by Crippen LogP contribution is -2.03. The Kier molecular flexibility index (Phi) is 3.40. The number of para-hydroxylation sites is 1.